The van der Waals surface area contributed by atoms with Gasteiger partial charge in [-0.2, -0.15) is 13.2 Å². The van der Waals surface area contributed by atoms with Crippen LogP contribution in [-0.2, 0) is 27.7 Å². The third-order valence-corrected chi connectivity index (χ3v) is 6.11. The first-order valence-corrected chi connectivity index (χ1v) is 11.1. The molecule has 0 aliphatic carbocycles. The van der Waals surface area contributed by atoms with Crippen molar-refractivity contribution in [2.45, 2.75) is 43.9 Å². The number of hydrogen-bond acceptors (Lipinski definition) is 5. The number of halogens is 3. The summed E-state index contributed by atoms with van der Waals surface area (Å²) in [6.07, 6.45) is -3.58. The number of carboxylic acids is 1. The van der Waals surface area contributed by atoms with Gasteiger partial charge in [0.25, 0.3) is 5.56 Å². The van der Waals surface area contributed by atoms with Gasteiger partial charge in [0, 0.05) is 17.6 Å². The molecule has 0 bridgehead atoms. The van der Waals surface area contributed by atoms with Crippen LogP contribution in [0.25, 0.3) is 0 Å². The molecule has 2 aromatic carbocycles. The highest BCUT2D eigenvalue weighted by atomic mass is 19.4. The Hall–Kier alpha value is -4.15. The van der Waals surface area contributed by atoms with Crippen molar-refractivity contribution in [2.75, 3.05) is 10.6 Å². The Bertz CT molecular complexity index is 1360. The van der Waals surface area contributed by atoms with Crippen LogP contribution < -0.4 is 16.2 Å². The van der Waals surface area contributed by atoms with Crippen molar-refractivity contribution in [3.8, 4) is 0 Å². The number of fused-ring (bicyclic) bond motifs is 1. The van der Waals surface area contributed by atoms with E-state index in [-0.39, 0.29) is 30.9 Å². The second-order valence-corrected chi connectivity index (χ2v) is 8.93. The van der Waals surface area contributed by atoms with Crippen LogP contribution in [0.1, 0.15) is 42.8 Å². The Morgan fingerprint density at radius 3 is 2.56 bits per heavy atom. The largest absolute Gasteiger partial charge is 0.481 e. The van der Waals surface area contributed by atoms with Crippen LogP contribution in [0.15, 0.2) is 65.6 Å². The van der Waals surface area contributed by atoms with Gasteiger partial charge in [-0.05, 0) is 36.2 Å². The Kier molecular flexibility index (Phi) is 6.57. The predicted molar refractivity (Wildman–Crippen MR) is 126 cm³/mol. The summed E-state index contributed by atoms with van der Waals surface area (Å²) >= 11 is 0. The molecule has 1 aliphatic heterocycles. The van der Waals surface area contributed by atoms with E-state index in [2.05, 4.69) is 15.6 Å². The number of rotatable bonds is 7. The van der Waals surface area contributed by atoms with Gasteiger partial charge in [0.05, 0.1) is 18.2 Å². The number of carboxylic acid groups (broad SMARTS) is 1. The van der Waals surface area contributed by atoms with Crippen molar-refractivity contribution < 1.29 is 27.9 Å². The molecule has 4 rings (SSSR count). The molecule has 8 nitrogen and oxygen atoms in total. The summed E-state index contributed by atoms with van der Waals surface area (Å²) in [6, 6.07) is 12.3. The SMILES string of the molecule is C[C@@]1(CC(=O)O)C[C@@H](C(=O)Nc2ccccc2)n2c1ncc(NCc1cccc(C(F)(F)F)c1)c2=O. The molecule has 2 heterocycles. The maximum Gasteiger partial charge on any atom is 0.416 e. The lowest BCUT2D eigenvalue weighted by molar-refractivity contribution is -0.139. The summed E-state index contributed by atoms with van der Waals surface area (Å²) in [4.78, 5) is 42.4. The van der Waals surface area contributed by atoms with Gasteiger partial charge in [0.1, 0.15) is 17.6 Å². The van der Waals surface area contributed by atoms with Crippen LogP contribution in [-0.4, -0.2) is 26.5 Å². The number of benzene rings is 2. The highest BCUT2D eigenvalue weighted by molar-refractivity contribution is 5.94. The van der Waals surface area contributed by atoms with Crippen LogP contribution in [0.2, 0.25) is 0 Å². The van der Waals surface area contributed by atoms with Crippen molar-refractivity contribution in [3.63, 3.8) is 0 Å². The number of amides is 1. The second kappa shape index (κ2) is 9.48. The fraction of sp³-hybridized carbons (Fsp3) is 0.280. The Morgan fingerprint density at radius 1 is 1.17 bits per heavy atom. The fourth-order valence-electron chi connectivity index (χ4n) is 4.43. The van der Waals surface area contributed by atoms with E-state index >= 15 is 0 Å². The van der Waals surface area contributed by atoms with Crippen molar-refractivity contribution in [2.24, 2.45) is 0 Å². The van der Waals surface area contributed by atoms with Gasteiger partial charge >= 0.3 is 12.1 Å². The molecule has 11 heteroatoms. The van der Waals surface area contributed by atoms with E-state index in [1.165, 1.54) is 22.9 Å². The molecule has 36 heavy (non-hydrogen) atoms. The summed E-state index contributed by atoms with van der Waals surface area (Å²) < 4.78 is 40.2. The first kappa shape index (κ1) is 25.0. The molecular formula is C25H23F3N4O4. The average molecular weight is 500 g/mol. The van der Waals surface area contributed by atoms with E-state index in [1.54, 1.807) is 37.3 Å². The molecule has 1 aromatic heterocycles. The van der Waals surface area contributed by atoms with Crippen LogP contribution in [0.3, 0.4) is 0 Å². The average Bonchev–Trinajstić information content (AvgIpc) is 3.11. The van der Waals surface area contributed by atoms with E-state index in [1.807, 2.05) is 0 Å². The molecule has 0 fully saturated rings. The molecule has 2 atom stereocenters. The number of aromatic nitrogens is 2. The summed E-state index contributed by atoms with van der Waals surface area (Å²) in [6.45, 7) is 1.54. The zero-order valence-electron chi connectivity index (χ0n) is 19.2. The minimum atomic E-state index is -4.50. The number of carbonyl (C=O) groups excluding carboxylic acids is 1. The van der Waals surface area contributed by atoms with Gasteiger partial charge in [0.15, 0.2) is 0 Å². The first-order chi connectivity index (χ1) is 17.0. The maximum atomic E-state index is 13.4. The highest BCUT2D eigenvalue weighted by Crippen LogP contribution is 2.42. The second-order valence-electron chi connectivity index (χ2n) is 8.93. The molecule has 1 amide bonds. The van der Waals surface area contributed by atoms with Gasteiger partial charge in [-0.25, -0.2) is 4.98 Å². The zero-order valence-corrected chi connectivity index (χ0v) is 19.2. The minimum Gasteiger partial charge on any atom is -0.481 e. The van der Waals surface area contributed by atoms with Gasteiger partial charge in [-0.1, -0.05) is 37.3 Å². The molecule has 188 valence electrons. The van der Waals surface area contributed by atoms with Gasteiger partial charge in [-0.15, -0.1) is 0 Å². The van der Waals surface area contributed by atoms with Crippen LogP contribution in [0.4, 0.5) is 24.5 Å². The lowest BCUT2D eigenvalue weighted by atomic mass is 9.83. The Morgan fingerprint density at radius 2 is 1.89 bits per heavy atom. The van der Waals surface area contributed by atoms with Gasteiger partial charge in [-0.3, -0.25) is 19.0 Å². The molecule has 3 aromatic rings. The lowest BCUT2D eigenvalue weighted by Gasteiger charge is -2.20. The van der Waals surface area contributed by atoms with Crippen LogP contribution >= 0.6 is 0 Å². The van der Waals surface area contributed by atoms with E-state index in [9.17, 15) is 32.7 Å². The molecule has 0 saturated heterocycles. The van der Waals surface area contributed by atoms with E-state index in [0.717, 1.165) is 12.1 Å². The molecule has 0 saturated carbocycles. The Labute approximate surface area is 203 Å². The maximum absolute atomic E-state index is 13.4. The fourth-order valence-corrected chi connectivity index (χ4v) is 4.43. The monoisotopic (exact) mass is 500 g/mol. The zero-order chi connectivity index (χ0) is 26.1. The Balaban J connectivity index is 1.66. The number of alkyl halides is 3. The standard InChI is InChI=1S/C25H23F3N4O4/c1-24(12-20(33)34)11-19(21(35)31-17-8-3-2-4-9-17)32-22(36)18(14-30-23(24)32)29-13-15-6-5-7-16(10-15)25(26,27)28/h2-10,14,19,29H,11-13H2,1H3,(H,31,35)(H,33,34)/t19-,24-/m0/s1. The van der Waals surface area contributed by atoms with Gasteiger partial charge in [0.2, 0.25) is 5.91 Å². The molecule has 0 unspecified atom stereocenters. The molecule has 3 N–H and O–H groups in total. The number of aliphatic carboxylic acids is 1. The quantitative estimate of drug-likeness (QED) is 0.449. The summed E-state index contributed by atoms with van der Waals surface area (Å²) in [7, 11) is 0. The summed E-state index contributed by atoms with van der Waals surface area (Å²) in [5.74, 6) is -1.45. The lowest BCUT2D eigenvalue weighted by Crippen LogP contribution is -2.33. The van der Waals surface area contributed by atoms with Crippen molar-refractivity contribution in [3.05, 3.63) is 88.1 Å². The number of hydrogen-bond donors (Lipinski definition) is 3. The molecular weight excluding hydrogens is 477 g/mol. The number of anilines is 2. The van der Waals surface area contributed by atoms with Crippen molar-refractivity contribution in [1.29, 1.82) is 0 Å². The van der Waals surface area contributed by atoms with Crippen molar-refractivity contribution in [1.82, 2.24) is 9.55 Å². The number of nitrogens with one attached hydrogen (secondary N) is 2. The topological polar surface area (TPSA) is 113 Å². The van der Waals surface area contributed by atoms with E-state index < -0.39 is 40.6 Å². The number of nitrogens with zero attached hydrogens (tertiary/aromatic N) is 2. The minimum absolute atomic E-state index is 0.0201. The summed E-state index contributed by atoms with van der Waals surface area (Å²) in [5, 5.41) is 15.0. The van der Waals surface area contributed by atoms with E-state index in [4.69, 9.17) is 0 Å². The van der Waals surface area contributed by atoms with Gasteiger partial charge < -0.3 is 15.7 Å². The first-order valence-electron chi connectivity index (χ1n) is 11.1. The normalized spacial score (nSPS) is 18.9. The molecule has 0 spiro atoms. The summed E-state index contributed by atoms with van der Waals surface area (Å²) in [5.41, 5.74) is -1.72. The molecule has 0 radical (unpaired) electrons. The highest BCUT2D eigenvalue weighted by Gasteiger charge is 2.47. The third-order valence-electron chi connectivity index (χ3n) is 6.11. The number of para-hydroxylation sites is 1. The number of carbonyl (C=O) groups is 2. The third kappa shape index (κ3) is 5.09. The van der Waals surface area contributed by atoms with Crippen LogP contribution in [0.5, 0.6) is 0 Å². The van der Waals surface area contributed by atoms with Crippen molar-refractivity contribution >= 4 is 23.3 Å². The van der Waals surface area contributed by atoms with E-state index in [0.29, 0.717) is 11.3 Å². The molecule has 1 aliphatic rings. The van der Waals surface area contributed by atoms with Crippen LogP contribution in [0, 0.1) is 0 Å². The smallest absolute Gasteiger partial charge is 0.416 e. The predicted octanol–water partition coefficient (Wildman–Crippen LogP) is 4.19.